The molecular formula is C21H24N2O4. The van der Waals surface area contributed by atoms with Crippen molar-refractivity contribution in [2.24, 2.45) is 0 Å². The highest BCUT2D eigenvalue weighted by atomic mass is 16.5. The Morgan fingerprint density at radius 3 is 2.67 bits per heavy atom. The smallest absolute Gasteiger partial charge is 0.303 e. The number of carboxylic acids is 1. The molecule has 1 aliphatic rings. The van der Waals surface area contributed by atoms with Crippen molar-refractivity contribution in [3.63, 3.8) is 0 Å². The molecule has 142 valence electrons. The van der Waals surface area contributed by atoms with E-state index in [9.17, 15) is 9.59 Å². The van der Waals surface area contributed by atoms with Gasteiger partial charge in [0.15, 0.2) is 0 Å². The predicted octanol–water partition coefficient (Wildman–Crippen LogP) is 3.22. The lowest BCUT2D eigenvalue weighted by Crippen LogP contribution is -2.37. The van der Waals surface area contributed by atoms with Crippen LogP contribution in [0.5, 0.6) is 5.88 Å². The van der Waals surface area contributed by atoms with E-state index >= 15 is 0 Å². The van der Waals surface area contributed by atoms with Gasteiger partial charge in [-0.25, -0.2) is 4.98 Å². The molecule has 2 N–H and O–H groups in total. The molecule has 1 atom stereocenters. The summed E-state index contributed by atoms with van der Waals surface area (Å²) in [5, 5.41) is 12.0. The van der Waals surface area contributed by atoms with Crippen LogP contribution in [-0.4, -0.2) is 34.1 Å². The predicted molar refractivity (Wildman–Crippen MR) is 101 cm³/mol. The molecular weight excluding hydrogens is 344 g/mol. The second-order valence-electron chi connectivity index (χ2n) is 6.85. The zero-order valence-electron chi connectivity index (χ0n) is 15.1. The van der Waals surface area contributed by atoms with Crippen LogP contribution >= 0.6 is 0 Å². The molecule has 1 unspecified atom stereocenters. The van der Waals surface area contributed by atoms with Crippen molar-refractivity contribution < 1.29 is 19.4 Å². The Labute approximate surface area is 158 Å². The second-order valence-corrected chi connectivity index (χ2v) is 6.85. The molecule has 1 fully saturated rings. The minimum atomic E-state index is -0.873. The Balaban J connectivity index is 1.65. The highest BCUT2D eigenvalue weighted by Gasteiger charge is 2.21. The highest BCUT2D eigenvalue weighted by molar-refractivity contribution is 5.94. The molecule has 1 heterocycles. The number of carbonyl (C=O) groups excluding carboxylic acids is 1. The van der Waals surface area contributed by atoms with Gasteiger partial charge >= 0.3 is 5.97 Å². The molecule has 6 heteroatoms. The van der Waals surface area contributed by atoms with Gasteiger partial charge in [-0.3, -0.25) is 9.59 Å². The third-order valence-electron chi connectivity index (χ3n) is 4.70. The minimum absolute atomic E-state index is 0.00413. The monoisotopic (exact) mass is 368 g/mol. The van der Waals surface area contributed by atoms with Gasteiger partial charge < -0.3 is 15.2 Å². The summed E-state index contributed by atoms with van der Waals surface area (Å²) >= 11 is 0. The number of ether oxygens (including phenoxy) is 1. The fourth-order valence-corrected chi connectivity index (χ4v) is 2.96. The summed E-state index contributed by atoms with van der Waals surface area (Å²) in [5.74, 6) is -0.665. The van der Waals surface area contributed by atoms with Gasteiger partial charge in [0.25, 0.3) is 5.91 Å². The summed E-state index contributed by atoms with van der Waals surface area (Å²) in [5.41, 5.74) is 1.52. The minimum Gasteiger partial charge on any atom is -0.481 e. The standard InChI is InChI=1S/C21H24N2O4/c24-20(25)10-9-17(13-15-5-2-1-3-6-15)23-21(26)16-11-12-22-19(14-16)27-18-7-4-8-18/h1-3,5-6,11-12,14,17-18H,4,7-10,13H2,(H,23,26)(H,24,25). The van der Waals surface area contributed by atoms with E-state index in [-0.39, 0.29) is 24.5 Å². The maximum Gasteiger partial charge on any atom is 0.303 e. The number of hydrogen-bond acceptors (Lipinski definition) is 4. The summed E-state index contributed by atoms with van der Waals surface area (Å²) in [7, 11) is 0. The normalized spacial score (nSPS) is 14.8. The number of amides is 1. The van der Waals surface area contributed by atoms with Crippen molar-refractivity contribution in [3.8, 4) is 5.88 Å². The van der Waals surface area contributed by atoms with Crippen LogP contribution in [0.25, 0.3) is 0 Å². The quantitative estimate of drug-likeness (QED) is 0.709. The molecule has 0 bridgehead atoms. The van der Waals surface area contributed by atoms with Crippen LogP contribution < -0.4 is 10.1 Å². The largest absolute Gasteiger partial charge is 0.481 e. The van der Waals surface area contributed by atoms with Crippen LogP contribution in [0.1, 0.15) is 48.0 Å². The number of pyridine rings is 1. The molecule has 2 aromatic rings. The SMILES string of the molecule is O=C(O)CCC(Cc1ccccc1)NC(=O)c1ccnc(OC2CCC2)c1. The van der Waals surface area contributed by atoms with Crippen molar-refractivity contribution in [1.29, 1.82) is 0 Å². The van der Waals surface area contributed by atoms with E-state index in [0.717, 1.165) is 24.8 Å². The molecule has 0 aliphatic heterocycles. The first-order chi connectivity index (χ1) is 13.1. The number of carboxylic acid groups (broad SMARTS) is 1. The molecule has 1 amide bonds. The van der Waals surface area contributed by atoms with Gasteiger partial charge in [0.1, 0.15) is 6.10 Å². The maximum absolute atomic E-state index is 12.7. The molecule has 1 aromatic heterocycles. The van der Waals surface area contributed by atoms with Gasteiger partial charge in [0, 0.05) is 30.3 Å². The fraction of sp³-hybridized carbons (Fsp3) is 0.381. The topological polar surface area (TPSA) is 88.5 Å². The van der Waals surface area contributed by atoms with E-state index in [0.29, 0.717) is 24.3 Å². The molecule has 1 aromatic carbocycles. The Kier molecular flexibility index (Phi) is 6.41. The number of benzene rings is 1. The summed E-state index contributed by atoms with van der Waals surface area (Å²) < 4.78 is 5.75. The van der Waals surface area contributed by atoms with Gasteiger partial charge in [-0.15, -0.1) is 0 Å². The molecule has 0 spiro atoms. The summed E-state index contributed by atoms with van der Waals surface area (Å²) in [6.45, 7) is 0. The number of aliphatic carboxylic acids is 1. The van der Waals surface area contributed by atoms with E-state index in [1.54, 1.807) is 18.3 Å². The van der Waals surface area contributed by atoms with Gasteiger partial charge in [0.2, 0.25) is 5.88 Å². The van der Waals surface area contributed by atoms with E-state index < -0.39 is 5.97 Å². The first-order valence-electron chi connectivity index (χ1n) is 9.29. The number of rotatable bonds is 9. The number of nitrogens with one attached hydrogen (secondary N) is 1. The lowest BCUT2D eigenvalue weighted by atomic mass is 9.96. The van der Waals surface area contributed by atoms with Crippen LogP contribution in [0.2, 0.25) is 0 Å². The molecule has 0 saturated heterocycles. The lowest BCUT2D eigenvalue weighted by Gasteiger charge is -2.25. The summed E-state index contributed by atoms with van der Waals surface area (Å²) in [4.78, 5) is 27.8. The Bertz CT molecular complexity index is 775. The fourth-order valence-electron chi connectivity index (χ4n) is 2.96. The number of hydrogen-bond donors (Lipinski definition) is 2. The van der Waals surface area contributed by atoms with Crippen molar-refractivity contribution in [3.05, 3.63) is 59.8 Å². The lowest BCUT2D eigenvalue weighted by molar-refractivity contribution is -0.137. The van der Waals surface area contributed by atoms with Crippen molar-refractivity contribution in [2.75, 3.05) is 0 Å². The van der Waals surface area contributed by atoms with Crippen LogP contribution in [0.4, 0.5) is 0 Å². The van der Waals surface area contributed by atoms with Crippen LogP contribution in [0, 0.1) is 0 Å². The van der Waals surface area contributed by atoms with Crippen LogP contribution in [0.3, 0.4) is 0 Å². The molecule has 6 nitrogen and oxygen atoms in total. The number of nitrogens with zero attached hydrogens (tertiary/aromatic N) is 1. The molecule has 0 radical (unpaired) electrons. The second kappa shape index (κ2) is 9.16. The third-order valence-corrected chi connectivity index (χ3v) is 4.70. The van der Waals surface area contributed by atoms with Gasteiger partial charge in [-0.05, 0) is 43.7 Å². The van der Waals surface area contributed by atoms with E-state index in [1.807, 2.05) is 30.3 Å². The number of aromatic nitrogens is 1. The first kappa shape index (κ1) is 18.9. The van der Waals surface area contributed by atoms with Gasteiger partial charge in [0.05, 0.1) is 0 Å². The zero-order chi connectivity index (χ0) is 19.1. The summed E-state index contributed by atoms with van der Waals surface area (Å²) in [6, 6.07) is 12.7. The number of carbonyl (C=O) groups is 2. The summed E-state index contributed by atoms with van der Waals surface area (Å²) in [6.07, 6.45) is 5.91. The van der Waals surface area contributed by atoms with Crippen molar-refractivity contribution in [1.82, 2.24) is 10.3 Å². The van der Waals surface area contributed by atoms with Gasteiger partial charge in [-0.1, -0.05) is 30.3 Å². The average Bonchev–Trinajstić information content (AvgIpc) is 2.64. The van der Waals surface area contributed by atoms with E-state index in [1.165, 1.54) is 0 Å². The molecule has 3 rings (SSSR count). The van der Waals surface area contributed by atoms with Crippen molar-refractivity contribution >= 4 is 11.9 Å². The third kappa shape index (κ3) is 5.81. The Hall–Kier alpha value is -2.89. The van der Waals surface area contributed by atoms with E-state index in [4.69, 9.17) is 9.84 Å². The highest BCUT2D eigenvalue weighted by Crippen LogP contribution is 2.24. The first-order valence-corrected chi connectivity index (χ1v) is 9.29. The molecule has 1 aliphatic carbocycles. The van der Waals surface area contributed by atoms with Gasteiger partial charge in [-0.2, -0.15) is 0 Å². The Morgan fingerprint density at radius 2 is 2.00 bits per heavy atom. The maximum atomic E-state index is 12.7. The average molecular weight is 368 g/mol. The zero-order valence-corrected chi connectivity index (χ0v) is 15.1. The van der Waals surface area contributed by atoms with Crippen LogP contribution in [0.15, 0.2) is 48.7 Å². The van der Waals surface area contributed by atoms with Crippen LogP contribution in [-0.2, 0) is 11.2 Å². The van der Waals surface area contributed by atoms with E-state index in [2.05, 4.69) is 10.3 Å². The molecule has 1 saturated carbocycles. The Morgan fingerprint density at radius 1 is 1.22 bits per heavy atom. The molecule has 27 heavy (non-hydrogen) atoms. The van der Waals surface area contributed by atoms with Crippen molar-refractivity contribution in [2.45, 2.75) is 50.7 Å².